The van der Waals surface area contributed by atoms with Gasteiger partial charge in [0, 0.05) is 18.0 Å². The monoisotopic (exact) mass is 513 g/mol. The van der Waals surface area contributed by atoms with Crippen molar-refractivity contribution in [3.8, 4) is 5.75 Å². The van der Waals surface area contributed by atoms with Gasteiger partial charge in [-0.3, -0.25) is 9.78 Å². The Labute approximate surface area is 221 Å². The van der Waals surface area contributed by atoms with Crippen LogP contribution in [0.1, 0.15) is 100 Å². The summed E-state index contributed by atoms with van der Waals surface area (Å²) in [5.41, 5.74) is 4.61. The average molecular weight is 514 g/mol. The van der Waals surface area contributed by atoms with E-state index >= 15 is 0 Å². The van der Waals surface area contributed by atoms with Crippen LogP contribution in [0.2, 0.25) is 0 Å². The number of carboxylic acid groups (broad SMARTS) is 1. The first-order valence-corrected chi connectivity index (χ1v) is 14.1. The third-order valence-electron chi connectivity index (χ3n) is 7.14. The fraction of sp³-hybridized carbons (Fsp3) is 0.613. The standard InChI is InChI=1S/C31H44FNO4/c1-23(2)17-18-36-19-20-37-30-16-14-26(21-28(30)32)25(22-31(34)35)10-5-3-4-6-11-27-15-13-24-9-7-8-12-29(24)33-27/h13-16,21,23,25H,3-12,17-20,22H2,1-2H3,(H,34,35)/t25-/m0/s1. The number of carboxylic acids is 1. The Morgan fingerprint density at radius 2 is 1.81 bits per heavy atom. The van der Waals surface area contributed by atoms with Crippen LogP contribution < -0.4 is 4.74 Å². The van der Waals surface area contributed by atoms with E-state index in [-0.39, 0.29) is 24.7 Å². The first kappa shape index (κ1) is 29.1. The summed E-state index contributed by atoms with van der Waals surface area (Å²) in [6, 6.07) is 9.27. The van der Waals surface area contributed by atoms with Crippen LogP contribution in [0, 0.1) is 11.7 Å². The number of halogens is 1. The molecule has 1 aromatic carbocycles. The maximum atomic E-state index is 14.7. The van der Waals surface area contributed by atoms with Gasteiger partial charge in [0.25, 0.3) is 0 Å². The number of aliphatic carboxylic acids is 1. The summed E-state index contributed by atoms with van der Waals surface area (Å²) in [6.45, 7) is 5.65. The molecule has 0 saturated heterocycles. The van der Waals surface area contributed by atoms with Gasteiger partial charge < -0.3 is 14.6 Å². The summed E-state index contributed by atoms with van der Waals surface area (Å²) < 4.78 is 25.7. The minimum Gasteiger partial charge on any atom is -0.488 e. The molecule has 1 aliphatic carbocycles. The third kappa shape index (κ3) is 10.4. The second-order valence-corrected chi connectivity index (χ2v) is 10.7. The first-order valence-electron chi connectivity index (χ1n) is 14.1. The molecule has 1 aliphatic rings. The zero-order valence-electron chi connectivity index (χ0n) is 22.6. The molecule has 0 saturated carbocycles. The van der Waals surface area contributed by atoms with Crippen LogP contribution in [0.4, 0.5) is 4.39 Å². The van der Waals surface area contributed by atoms with Crippen molar-refractivity contribution in [3.05, 3.63) is 58.7 Å². The van der Waals surface area contributed by atoms with Crippen molar-refractivity contribution in [2.45, 2.75) is 96.8 Å². The predicted octanol–water partition coefficient (Wildman–Crippen LogP) is 7.29. The fourth-order valence-electron chi connectivity index (χ4n) is 4.93. The lowest BCUT2D eigenvalue weighted by atomic mass is 9.90. The highest BCUT2D eigenvalue weighted by molar-refractivity contribution is 5.68. The molecule has 204 valence electrons. The van der Waals surface area contributed by atoms with E-state index in [0.717, 1.165) is 63.4 Å². The first-order chi connectivity index (χ1) is 17.9. The molecule has 0 spiro atoms. The molecule has 37 heavy (non-hydrogen) atoms. The van der Waals surface area contributed by atoms with Crippen molar-refractivity contribution >= 4 is 5.97 Å². The summed E-state index contributed by atoms with van der Waals surface area (Å²) in [5.74, 6) is -0.749. The van der Waals surface area contributed by atoms with Gasteiger partial charge in [0.15, 0.2) is 11.6 Å². The summed E-state index contributed by atoms with van der Waals surface area (Å²) in [5, 5.41) is 9.40. The zero-order chi connectivity index (χ0) is 26.5. The highest BCUT2D eigenvalue weighted by Gasteiger charge is 2.18. The van der Waals surface area contributed by atoms with Crippen molar-refractivity contribution in [1.82, 2.24) is 4.98 Å². The second-order valence-electron chi connectivity index (χ2n) is 10.7. The van der Waals surface area contributed by atoms with Gasteiger partial charge in [-0.25, -0.2) is 4.39 Å². The molecule has 1 aromatic heterocycles. The van der Waals surface area contributed by atoms with Crippen molar-refractivity contribution in [3.63, 3.8) is 0 Å². The van der Waals surface area contributed by atoms with Crippen LogP contribution in [0.3, 0.4) is 0 Å². The number of ether oxygens (including phenoxy) is 2. The van der Waals surface area contributed by atoms with E-state index in [1.807, 2.05) is 0 Å². The number of pyridine rings is 1. The number of hydrogen-bond acceptors (Lipinski definition) is 4. The summed E-state index contributed by atoms with van der Waals surface area (Å²) in [6.07, 6.45) is 11.6. The van der Waals surface area contributed by atoms with Crippen LogP contribution in [-0.4, -0.2) is 35.9 Å². The van der Waals surface area contributed by atoms with Crippen LogP contribution in [0.5, 0.6) is 5.75 Å². The van der Waals surface area contributed by atoms with Gasteiger partial charge in [-0.2, -0.15) is 0 Å². The molecule has 1 heterocycles. The highest BCUT2D eigenvalue weighted by atomic mass is 19.1. The van der Waals surface area contributed by atoms with Gasteiger partial charge in [0.1, 0.15) is 6.61 Å². The summed E-state index contributed by atoms with van der Waals surface area (Å²) in [7, 11) is 0. The molecule has 0 aliphatic heterocycles. The van der Waals surface area contributed by atoms with Crippen LogP contribution in [0.15, 0.2) is 30.3 Å². The van der Waals surface area contributed by atoms with Crippen LogP contribution >= 0.6 is 0 Å². The third-order valence-corrected chi connectivity index (χ3v) is 7.14. The second kappa shape index (κ2) is 15.7. The Balaban J connectivity index is 1.40. The lowest BCUT2D eigenvalue weighted by Crippen LogP contribution is -2.10. The van der Waals surface area contributed by atoms with Crippen LogP contribution in [-0.2, 0) is 28.8 Å². The van der Waals surface area contributed by atoms with Crippen molar-refractivity contribution in [2.75, 3.05) is 19.8 Å². The van der Waals surface area contributed by atoms with E-state index < -0.39 is 11.8 Å². The number of fused-ring (bicyclic) bond motifs is 1. The fourth-order valence-corrected chi connectivity index (χ4v) is 4.93. The molecule has 2 aromatic rings. The van der Waals surface area contributed by atoms with Crippen molar-refractivity contribution < 1.29 is 23.8 Å². The number of hydrogen-bond donors (Lipinski definition) is 1. The largest absolute Gasteiger partial charge is 0.488 e. The Hall–Kier alpha value is -2.47. The summed E-state index contributed by atoms with van der Waals surface area (Å²) >= 11 is 0. The van der Waals surface area contributed by atoms with E-state index in [9.17, 15) is 14.3 Å². The van der Waals surface area contributed by atoms with Crippen molar-refractivity contribution in [1.29, 1.82) is 0 Å². The quantitative estimate of drug-likeness (QED) is 0.225. The maximum absolute atomic E-state index is 14.7. The number of carbonyl (C=O) groups is 1. The Morgan fingerprint density at radius 1 is 1.00 bits per heavy atom. The van der Waals surface area contributed by atoms with Crippen LogP contribution in [0.25, 0.3) is 0 Å². The van der Waals surface area contributed by atoms with Gasteiger partial charge in [-0.1, -0.05) is 45.2 Å². The number of aryl methyl sites for hydroxylation is 3. The van der Waals surface area contributed by atoms with E-state index in [4.69, 9.17) is 14.5 Å². The molecule has 0 fully saturated rings. The molecule has 3 rings (SSSR count). The van der Waals surface area contributed by atoms with E-state index in [0.29, 0.717) is 19.1 Å². The lowest BCUT2D eigenvalue weighted by Gasteiger charge is -2.17. The van der Waals surface area contributed by atoms with E-state index in [1.54, 1.807) is 12.1 Å². The Kier molecular flexibility index (Phi) is 12.3. The molecular formula is C31H44FNO4. The Bertz CT molecular complexity index is 978. The topological polar surface area (TPSA) is 68.7 Å². The SMILES string of the molecule is CC(C)CCOCCOc1ccc([C@@H](CCCCCCc2ccc3c(n2)CCCC3)CC(=O)O)cc1F. The number of rotatable bonds is 17. The molecule has 0 bridgehead atoms. The smallest absolute Gasteiger partial charge is 0.303 e. The normalized spacial score (nSPS) is 13.9. The number of aromatic nitrogens is 1. The van der Waals surface area contributed by atoms with Gasteiger partial charge in [-0.05, 0) is 92.5 Å². The number of nitrogens with zero attached hydrogens (tertiary/aromatic N) is 1. The average Bonchev–Trinajstić information content (AvgIpc) is 2.87. The minimum atomic E-state index is -0.859. The molecule has 1 N–H and O–H groups in total. The molecule has 0 unspecified atom stereocenters. The Morgan fingerprint density at radius 3 is 2.59 bits per heavy atom. The van der Waals surface area contributed by atoms with Crippen molar-refractivity contribution in [2.24, 2.45) is 5.92 Å². The number of unbranched alkanes of at least 4 members (excludes halogenated alkanes) is 3. The summed E-state index contributed by atoms with van der Waals surface area (Å²) in [4.78, 5) is 16.3. The molecule has 0 radical (unpaired) electrons. The minimum absolute atomic E-state index is 0.00236. The van der Waals surface area contributed by atoms with E-state index in [1.165, 1.54) is 35.9 Å². The molecule has 1 atom stereocenters. The molecular weight excluding hydrogens is 469 g/mol. The molecule has 5 nitrogen and oxygen atoms in total. The zero-order valence-corrected chi connectivity index (χ0v) is 22.6. The lowest BCUT2D eigenvalue weighted by molar-refractivity contribution is -0.137. The van der Waals surface area contributed by atoms with Gasteiger partial charge in [-0.15, -0.1) is 0 Å². The van der Waals surface area contributed by atoms with Gasteiger partial charge >= 0.3 is 5.97 Å². The number of benzene rings is 1. The van der Waals surface area contributed by atoms with E-state index in [2.05, 4.69) is 26.0 Å². The molecule has 0 amide bonds. The van der Waals surface area contributed by atoms with Gasteiger partial charge in [0.2, 0.25) is 0 Å². The van der Waals surface area contributed by atoms with Gasteiger partial charge in [0.05, 0.1) is 13.0 Å². The molecule has 6 heteroatoms. The highest BCUT2D eigenvalue weighted by Crippen LogP contribution is 2.30. The predicted molar refractivity (Wildman–Crippen MR) is 145 cm³/mol. The maximum Gasteiger partial charge on any atom is 0.303 e.